The molecule has 1 aromatic carbocycles. The van der Waals surface area contributed by atoms with Crippen molar-refractivity contribution in [2.24, 2.45) is 0 Å². The van der Waals surface area contributed by atoms with Crippen LogP contribution in [0.15, 0.2) is 55.0 Å². The first-order valence-corrected chi connectivity index (χ1v) is 12.7. The highest BCUT2D eigenvalue weighted by molar-refractivity contribution is 6.04. The van der Waals surface area contributed by atoms with Gasteiger partial charge in [0.2, 0.25) is 5.95 Å². The molecule has 4 heterocycles. The van der Waals surface area contributed by atoms with Gasteiger partial charge in [-0.15, -0.1) is 0 Å². The Morgan fingerprint density at radius 3 is 2.54 bits per heavy atom. The Kier molecular flexibility index (Phi) is 7.83. The minimum absolute atomic E-state index is 0.0478. The van der Waals surface area contributed by atoms with Crippen LogP contribution in [0.4, 0.5) is 29.1 Å². The average molecular weight is 564 g/mol. The lowest BCUT2D eigenvalue weighted by Crippen LogP contribution is -2.44. The summed E-state index contributed by atoms with van der Waals surface area (Å²) >= 11 is 0. The summed E-state index contributed by atoms with van der Waals surface area (Å²) in [4.78, 5) is 28.8. The second-order valence-corrected chi connectivity index (χ2v) is 9.67. The number of pyridine rings is 3. The van der Waals surface area contributed by atoms with E-state index in [0.717, 1.165) is 25.4 Å². The van der Waals surface area contributed by atoms with Crippen LogP contribution in [0.2, 0.25) is 0 Å². The number of benzene rings is 1. The zero-order valence-corrected chi connectivity index (χ0v) is 22.0. The van der Waals surface area contributed by atoms with E-state index in [1.807, 2.05) is 11.9 Å². The van der Waals surface area contributed by atoms with Crippen molar-refractivity contribution in [3.8, 4) is 11.8 Å². The van der Waals surface area contributed by atoms with Gasteiger partial charge in [-0.05, 0) is 42.9 Å². The van der Waals surface area contributed by atoms with E-state index in [0.29, 0.717) is 29.6 Å². The van der Waals surface area contributed by atoms with E-state index in [4.69, 9.17) is 5.73 Å². The summed E-state index contributed by atoms with van der Waals surface area (Å²) < 4.78 is 56.2. The third kappa shape index (κ3) is 6.42. The Balaban J connectivity index is 1.37. The van der Waals surface area contributed by atoms with Gasteiger partial charge in [-0.2, -0.15) is 17.6 Å². The Morgan fingerprint density at radius 1 is 1.02 bits per heavy atom. The molecule has 3 N–H and O–H groups in total. The van der Waals surface area contributed by atoms with E-state index in [1.54, 1.807) is 18.3 Å². The van der Waals surface area contributed by atoms with Crippen LogP contribution >= 0.6 is 0 Å². The summed E-state index contributed by atoms with van der Waals surface area (Å²) in [6.07, 6.45) is -0.631. The number of nitrogen functional groups attached to an aromatic ring is 1. The van der Waals surface area contributed by atoms with Gasteiger partial charge in [0.25, 0.3) is 5.91 Å². The molecule has 0 spiro atoms. The van der Waals surface area contributed by atoms with Gasteiger partial charge in [-0.1, -0.05) is 17.9 Å². The largest absolute Gasteiger partial charge is 0.416 e. The molecule has 0 radical (unpaired) electrons. The van der Waals surface area contributed by atoms with E-state index in [1.165, 1.54) is 24.4 Å². The number of alkyl halides is 3. The van der Waals surface area contributed by atoms with E-state index < -0.39 is 23.6 Å². The third-order valence-corrected chi connectivity index (χ3v) is 6.77. The summed E-state index contributed by atoms with van der Waals surface area (Å²) in [7, 11) is 1.97. The van der Waals surface area contributed by atoms with Gasteiger partial charge in [0.05, 0.1) is 22.3 Å². The third-order valence-electron chi connectivity index (χ3n) is 6.77. The minimum atomic E-state index is -4.61. The number of anilines is 2. The van der Waals surface area contributed by atoms with Gasteiger partial charge < -0.3 is 16.0 Å². The Morgan fingerprint density at radius 2 is 1.78 bits per heavy atom. The fourth-order valence-corrected chi connectivity index (χ4v) is 4.49. The van der Waals surface area contributed by atoms with Crippen LogP contribution in [-0.4, -0.2) is 63.9 Å². The van der Waals surface area contributed by atoms with Crippen LogP contribution in [-0.2, 0) is 12.7 Å². The van der Waals surface area contributed by atoms with E-state index >= 15 is 0 Å². The molecule has 1 fully saturated rings. The van der Waals surface area contributed by atoms with Gasteiger partial charge in [0, 0.05) is 62.4 Å². The number of halogens is 4. The van der Waals surface area contributed by atoms with Crippen molar-refractivity contribution < 1.29 is 22.4 Å². The molecule has 1 aliphatic heterocycles. The molecule has 3 aromatic heterocycles. The van der Waals surface area contributed by atoms with Crippen LogP contribution in [0, 0.1) is 17.8 Å². The lowest BCUT2D eigenvalue weighted by molar-refractivity contribution is -0.138. The van der Waals surface area contributed by atoms with Crippen LogP contribution in [0.1, 0.15) is 32.6 Å². The number of piperazine rings is 1. The number of nitrogens with zero attached hydrogens (tertiary/aromatic N) is 5. The molecular weight excluding hydrogens is 538 g/mol. The number of carbonyl (C=O) groups is 1. The van der Waals surface area contributed by atoms with Crippen LogP contribution in [0.25, 0.3) is 10.9 Å². The van der Waals surface area contributed by atoms with E-state index in [2.05, 4.69) is 37.0 Å². The van der Waals surface area contributed by atoms with Crippen LogP contribution in [0.3, 0.4) is 0 Å². The zero-order valence-electron chi connectivity index (χ0n) is 22.0. The Labute approximate surface area is 233 Å². The fraction of sp³-hybridized carbons (Fsp3) is 0.241. The topological polar surface area (TPSA) is 100 Å². The summed E-state index contributed by atoms with van der Waals surface area (Å²) in [6, 6.07) is 8.33. The number of aromatic nitrogens is 3. The molecular formula is C29H25F4N7O. The molecule has 4 aromatic rings. The lowest BCUT2D eigenvalue weighted by Gasteiger charge is -2.33. The van der Waals surface area contributed by atoms with Crippen LogP contribution < -0.4 is 11.1 Å². The van der Waals surface area contributed by atoms with Crippen molar-refractivity contribution in [1.82, 2.24) is 24.8 Å². The summed E-state index contributed by atoms with van der Waals surface area (Å²) in [5.41, 5.74) is 5.74. The normalized spacial score (nSPS) is 14.5. The lowest BCUT2D eigenvalue weighted by atomic mass is 10.0. The number of nitrogens with two attached hydrogens (primary N) is 1. The highest BCUT2D eigenvalue weighted by Crippen LogP contribution is 2.34. The van der Waals surface area contributed by atoms with Gasteiger partial charge in [0.1, 0.15) is 11.3 Å². The van der Waals surface area contributed by atoms with Crippen molar-refractivity contribution in [2.45, 2.75) is 12.7 Å². The number of fused-ring (bicyclic) bond motifs is 1. The number of nitrogens with one attached hydrogen (secondary N) is 1. The van der Waals surface area contributed by atoms with Gasteiger partial charge in [-0.3, -0.25) is 14.7 Å². The molecule has 5 rings (SSSR count). The first-order valence-electron chi connectivity index (χ1n) is 12.7. The highest BCUT2D eigenvalue weighted by Gasteiger charge is 2.34. The predicted octanol–water partition coefficient (Wildman–Crippen LogP) is 4.16. The Hall–Kier alpha value is -4.60. The van der Waals surface area contributed by atoms with Gasteiger partial charge in [-0.25, -0.2) is 9.97 Å². The smallest absolute Gasteiger partial charge is 0.382 e. The molecule has 0 unspecified atom stereocenters. The van der Waals surface area contributed by atoms with Crippen LogP contribution in [0.5, 0.6) is 0 Å². The molecule has 210 valence electrons. The molecule has 0 bridgehead atoms. The number of amides is 1. The quantitative estimate of drug-likeness (QED) is 0.219. The molecule has 12 heteroatoms. The monoisotopic (exact) mass is 563 g/mol. The molecule has 0 atom stereocenters. The van der Waals surface area contributed by atoms with Crippen molar-refractivity contribution in [2.75, 3.05) is 44.3 Å². The second-order valence-electron chi connectivity index (χ2n) is 9.67. The van der Waals surface area contributed by atoms with Crippen molar-refractivity contribution in [3.05, 3.63) is 88.8 Å². The predicted molar refractivity (Wildman–Crippen MR) is 146 cm³/mol. The molecule has 0 saturated carbocycles. The molecule has 8 nitrogen and oxygen atoms in total. The number of hydrogen-bond donors (Lipinski definition) is 2. The Bertz CT molecular complexity index is 1670. The van der Waals surface area contributed by atoms with Crippen molar-refractivity contribution in [1.29, 1.82) is 0 Å². The highest BCUT2D eigenvalue weighted by atomic mass is 19.4. The molecule has 1 aliphatic rings. The summed E-state index contributed by atoms with van der Waals surface area (Å²) in [5, 5.41) is 3.07. The number of carbonyl (C=O) groups excluding carboxylic acids is 1. The van der Waals surface area contributed by atoms with E-state index in [9.17, 15) is 22.4 Å². The first kappa shape index (κ1) is 27.9. The molecule has 1 saturated heterocycles. The van der Waals surface area contributed by atoms with Gasteiger partial charge in [0.15, 0.2) is 0 Å². The van der Waals surface area contributed by atoms with Gasteiger partial charge >= 0.3 is 6.18 Å². The zero-order chi connectivity index (χ0) is 29.1. The second kappa shape index (κ2) is 11.5. The SMILES string of the molecule is CN1CCN(Cc2ccc(NC(=O)c3cnc(F)c(C#Cc4cnc(N)c5ncccc45)c3)cc2C(F)(F)F)CC1. The maximum absolute atomic E-state index is 14.5. The van der Waals surface area contributed by atoms with Crippen molar-refractivity contribution in [3.63, 3.8) is 0 Å². The molecule has 41 heavy (non-hydrogen) atoms. The fourth-order valence-electron chi connectivity index (χ4n) is 4.49. The minimum Gasteiger partial charge on any atom is -0.382 e. The maximum Gasteiger partial charge on any atom is 0.416 e. The number of rotatable bonds is 4. The molecule has 0 aliphatic carbocycles. The summed E-state index contributed by atoms with van der Waals surface area (Å²) in [6.45, 7) is 3.03. The maximum atomic E-state index is 14.5. The van der Waals surface area contributed by atoms with Crippen molar-refractivity contribution >= 4 is 28.3 Å². The average Bonchev–Trinajstić information content (AvgIpc) is 2.95. The number of likely N-dealkylation sites (N-methyl/N-ethyl adjacent to an activating group) is 1. The van der Waals surface area contributed by atoms with E-state index in [-0.39, 0.29) is 34.7 Å². The standard InChI is InChI=1S/C29H25F4N7O/c1-39-9-11-40(12-10-39)17-20-6-7-22(14-24(20)29(31,32)33)38-28(41)21-13-18(26(30)36-16-21)4-5-19-15-37-27(34)25-23(19)3-2-8-35-25/h2-3,6-8,13-16H,9-12,17H2,1H3,(H2,34,37)(H,38,41). The first-order chi connectivity index (χ1) is 19.6. The molecule has 1 amide bonds. The summed E-state index contributed by atoms with van der Waals surface area (Å²) in [5.74, 6) is 4.00. The number of hydrogen-bond acceptors (Lipinski definition) is 7.